The summed E-state index contributed by atoms with van der Waals surface area (Å²) in [5.74, 6) is -1.30. The van der Waals surface area contributed by atoms with Gasteiger partial charge in [-0.3, -0.25) is 4.79 Å². The van der Waals surface area contributed by atoms with Crippen molar-refractivity contribution in [1.82, 2.24) is 0 Å². The third-order valence-corrected chi connectivity index (χ3v) is 3.07. The van der Waals surface area contributed by atoms with E-state index in [0.717, 1.165) is 0 Å². The highest BCUT2D eigenvalue weighted by Gasteiger charge is 2.12. The van der Waals surface area contributed by atoms with Crippen LogP contribution in [0.15, 0.2) is 41.8 Å². The van der Waals surface area contributed by atoms with E-state index in [4.69, 9.17) is 4.74 Å². The minimum absolute atomic E-state index is 0.315. The Morgan fingerprint density at radius 3 is 2.50 bits per heavy atom. The lowest BCUT2D eigenvalue weighted by molar-refractivity contribution is 0.0479. The van der Waals surface area contributed by atoms with Gasteiger partial charge in [-0.25, -0.2) is 9.18 Å². The van der Waals surface area contributed by atoms with Crippen molar-refractivity contribution in [1.29, 1.82) is 0 Å². The molecule has 1 heterocycles. The Hall–Kier alpha value is -2.01. The first-order valence-electron chi connectivity index (χ1n) is 5.16. The zero-order valence-corrected chi connectivity index (χ0v) is 10.1. The van der Waals surface area contributed by atoms with Crippen molar-refractivity contribution >= 4 is 23.1 Å². The van der Waals surface area contributed by atoms with Crippen LogP contribution < -0.4 is 0 Å². The number of ketones is 1. The fourth-order valence-electron chi connectivity index (χ4n) is 1.32. The summed E-state index contributed by atoms with van der Waals surface area (Å²) in [6.45, 7) is -0.345. The summed E-state index contributed by atoms with van der Waals surface area (Å²) in [6.07, 6.45) is 0. The minimum atomic E-state index is -0.527. The molecule has 1 aromatic carbocycles. The molecule has 0 aliphatic rings. The van der Waals surface area contributed by atoms with Gasteiger partial charge in [-0.15, -0.1) is 11.3 Å². The number of carbonyl (C=O) groups is 2. The van der Waals surface area contributed by atoms with Crippen molar-refractivity contribution in [2.75, 3.05) is 6.61 Å². The summed E-state index contributed by atoms with van der Waals surface area (Å²) in [6, 6.07) is 8.44. The Kier molecular flexibility index (Phi) is 3.84. The molecule has 0 aliphatic carbocycles. The van der Waals surface area contributed by atoms with Gasteiger partial charge in [0.05, 0.1) is 0 Å². The number of benzene rings is 1. The number of Topliss-reactive ketones (excluding diaryl/α,β-unsaturated/α-hetero) is 1. The molecule has 92 valence electrons. The Balaban J connectivity index is 1.92. The molecule has 0 amide bonds. The first kappa shape index (κ1) is 12.4. The maximum absolute atomic E-state index is 12.7. The number of halogens is 1. The third-order valence-electron chi connectivity index (χ3n) is 2.22. The van der Waals surface area contributed by atoms with Gasteiger partial charge in [0.15, 0.2) is 12.4 Å². The van der Waals surface area contributed by atoms with Crippen LogP contribution in [0, 0.1) is 5.82 Å². The topological polar surface area (TPSA) is 43.4 Å². The SMILES string of the molecule is O=C(COC(=O)c1cccs1)c1ccc(F)cc1. The van der Waals surface area contributed by atoms with Crippen molar-refractivity contribution in [2.24, 2.45) is 0 Å². The second-order valence-electron chi connectivity index (χ2n) is 3.48. The highest BCUT2D eigenvalue weighted by Crippen LogP contribution is 2.10. The first-order valence-corrected chi connectivity index (χ1v) is 6.04. The highest BCUT2D eigenvalue weighted by atomic mass is 32.1. The lowest BCUT2D eigenvalue weighted by atomic mass is 10.1. The lowest BCUT2D eigenvalue weighted by Gasteiger charge is -2.02. The van der Waals surface area contributed by atoms with E-state index in [1.54, 1.807) is 17.5 Å². The molecule has 0 bridgehead atoms. The van der Waals surface area contributed by atoms with Crippen LogP contribution in [-0.4, -0.2) is 18.4 Å². The van der Waals surface area contributed by atoms with Gasteiger partial charge in [-0.05, 0) is 35.7 Å². The van der Waals surface area contributed by atoms with Crippen LogP contribution in [0.2, 0.25) is 0 Å². The molecule has 1 aromatic heterocycles. The Bertz CT molecular complexity index is 546. The van der Waals surface area contributed by atoms with Gasteiger partial charge in [0.2, 0.25) is 0 Å². The summed E-state index contributed by atoms with van der Waals surface area (Å²) in [5.41, 5.74) is 0.315. The number of ether oxygens (including phenoxy) is 1. The van der Waals surface area contributed by atoms with E-state index in [9.17, 15) is 14.0 Å². The number of rotatable bonds is 4. The van der Waals surface area contributed by atoms with E-state index in [2.05, 4.69) is 0 Å². The molecule has 0 N–H and O–H groups in total. The van der Waals surface area contributed by atoms with Gasteiger partial charge in [0, 0.05) is 5.56 Å². The van der Waals surface area contributed by atoms with Crippen LogP contribution in [0.4, 0.5) is 4.39 Å². The fourth-order valence-corrected chi connectivity index (χ4v) is 1.93. The predicted molar refractivity (Wildman–Crippen MR) is 65.3 cm³/mol. The summed E-state index contributed by atoms with van der Waals surface area (Å²) in [7, 11) is 0. The van der Waals surface area contributed by atoms with E-state index in [-0.39, 0.29) is 12.4 Å². The van der Waals surface area contributed by atoms with Gasteiger partial charge in [0.1, 0.15) is 10.7 Å². The van der Waals surface area contributed by atoms with Gasteiger partial charge in [0.25, 0.3) is 0 Å². The van der Waals surface area contributed by atoms with Gasteiger partial charge in [-0.2, -0.15) is 0 Å². The molecule has 0 saturated heterocycles. The smallest absolute Gasteiger partial charge is 0.348 e. The van der Waals surface area contributed by atoms with Crippen molar-refractivity contribution < 1.29 is 18.7 Å². The molecule has 0 unspecified atom stereocenters. The monoisotopic (exact) mass is 264 g/mol. The molecule has 0 fully saturated rings. The van der Waals surface area contributed by atoms with Crippen LogP contribution in [0.25, 0.3) is 0 Å². The standard InChI is InChI=1S/C13H9FO3S/c14-10-5-3-9(4-6-10)11(15)8-17-13(16)12-2-1-7-18-12/h1-7H,8H2. The molecule has 18 heavy (non-hydrogen) atoms. The molecule has 2 rings (SSSR count). The van der Waals surface area contributed by atoms with Crippen molar-refractivity contribution in [3.8, 4) is 0 Å². The van der Waals surface area contributed by atoms with Crippen molar-refractivity contribution in [3.05, 3.63) is 58.0 Å². The molecular formula is C13H9FO3S. The number of hydrogen-bond acceptors (Lipinski definition) is 4. The molecule has 3 nitrogen and oxygen atoms in total. The molecule has 0 saturated carbocycles. The molecule has 0 atom stereocenters. The van der Waals surface area contributed by atoms with E-state index in [1.807, 2.05) is 0 Å². The predicted octanol–water partition coefficient (Wildman–Crippen LogP) is 2.93. The molecular weight excluding hydrogens is 255 g/mol. The Labute approximate surface area is 107 Å². The molecule has 2 aromatic rings. The van der Waals surface area contributed by atoms with Crippen molar-refractivity contribution in [3.63, 3.8) is 0 Å². The first-order chi connectivity index (χ1) is 8.66. The second kappa shape index (κ2) is 5.55. The number of thiophene rings is 1. The van der Waals surface area contributed by atoms with E-state index in [0.29, 0.717) is 10.4 Å². The average Bonchev–Trinajstić information content (AvgIpc) is 2.90. The number of carbonyl (C=O) groups excluding carboxylic acids is 2. The third kappa shape index (κ3) is 3.01. The zero-order chi connectivity index (χ0) is 13.0. The number of hydrogen-bond donors (Lipinski definition) is 0. The van der Waals surface area contributed by atoms with E-state index < -0.39 is 11.8 Å². The molecule has 5 heteroatoms. The van der Waals surface area contributed by atoms with Crippen molar-refractivity contribution in [2.45, 2.75) is 0 Å². The minimum Gasteiger partial charge on any atom is -0.453 e. The zero-order valence-electron chi connectivity index (χ0n) is 9.26. The quantitative estimate of drug-likeness (QED) is 0.630. The molecule has 0 radical (unpaired) electrons. The normalized spacial score (nSPS) is 10.1. The lowest BCUT2D eigenvalue weighted by Crippen LogP contribution is -2.13. The summed E-state index contributed by atoms with van der Waals surface area (Å²) >= 11 is 1.25. The van der Waals surface area contributed by atoms with Crippen LogP contribution in [0.3, 0.4) is 0 Å². The summed E-state index contributed by atoms with van der Waals surface area (Å²) in [4.78, 5) is 23.6. The number of esters is 1. The maximum Gasteiger partial charge on any atom is 0.348 e. The molecule has 0 spiro atoms. The maximum atomic E-state index is 12.7. The van der Waals surface area contributed by atoms with E-state index >= 15 is 0 Å². The van der Waals surface area contributed by atoms with Crippen LogP contribution in [-0.2, 0) is 4.74 Å². The van der Waals surface area contributed by atoms with Crippen LogP contribution >= 0.6 is 11.3 Å². The average molecular weight is 264 g/mol. The summed E-state index contributed by atoms with van der Waals surface area (Å²) in [5, 5.41) is 1.75. The fraction of sp³-hybridized carbons (Fsp3) is 0.0769. The van der Waals surface area contributed by atoms with Gasteiger partial charge < -0.3 is 4.74 Å². The summed E-state index contributed by atoms with van der Waals surface area (Å²) < 4.78 is 17.5. The van der Waals surface area contributed by atoms with Gasteiger partial charge in [-0.1, -0.05) is 6.07 Å². The van der Waals surface area contributed by atoms with Crippen LogP contribution in [0.5, 0.6) is 0 Å². The highest BCUT2D eigenvalue weighted by molar-refractivity contribution is 7.11. The second-order valence-corrected chi connectivity index (χ2v) is 4.43. The van der Waals surface area contributed by atoms with E-state index in [1.165, 1.54) is 35.6 Å². The van der Waals surface area contributed by atoms with Gasteiger partial charge >= 0.3 is 5.97 Å². The Morgan fingerprint density at radius 1 is 1.17 bits per heavy atom. The molecule has 0 aliphatic heterocycles. The largest absolute Gasteiger partial charge is 0.453 e. The van der Waals surface area contributed by atoms with Crippen LogP contribution in [0.1, 0.15) is 20.0 Å². The Morgan fingerprint density at radius 2 is 1.89 bits per heavy atom.